The molecule has 0 fully saturated rings. The Labute approximate surface area is 184 Å². The van der Waals surface area contributed by atoms with Gasteiger partial charge in [0, 0.05) is 0 Å². The first kappa shape index (κ1) is 19.5. The summed E-state index contributed by atoms with van der Waals surface area (Å²) in [6.45, 7) is 0. The highest BCUT2D eigenvalue weighted by Gasteiger charge is 2.20. The third kappa shape index (κ3) is 3.85. The van der Waals surface area contributed by atoms with E-state index in [4.69, 9.17) is 4.74 Å². The molecule has 0 saturated heterocycles. The fourth-order valence-corrected chi connectivity index (χ4v) is 6.62. The van der Waals surface area contributed by atoms with Crippen molar-refractivity contribution in [3.8, 4) is 16.9 Å². The first-order chi connectivity index (χ1) is 15.3. The number of hydrogen-bond donors (Lipinski definition) is 0. The number of rotatable bonds is 5. The fraction of sp³-hybridized carbons (Fsp3) is 0.0345. The molecule has 5 aromatic carbocycles. The van der Waals surface area contributed by atoms with Crippen molar-refractivity contribution >= 4 is 34.6 Å². The van der Waals surface area contributed by atoms with E-state index in [1.54, 1.807) is 7.11 Å². The van der Waals surface area contributed by atoms with Crippen molar-refractivity contribution in [3.63, 3.8) is 0 Å². The first-order valence-corrected chi connectivity index (χ1v) is 11.8. The summed E-state index contributed by atoms with van der Waals surface area (Å²) in [7, 11) is 1.03. The maximum absolute atomic E-state index is 5.51. The summed E-state index contributed by atoms with van der Waals surface area (Å²) in [6.07, 6.45) is 0. The molecule has 1 nitrogen and oxygen atoms in total. The highest BCUT2D eigenvalue weighted by atomic mass is 31.1. The van der Waals surface area contributed by atoms with E-state index < -0.39 is 7.92 Å². The summed E-state index contributed by atoms with van der Waals surface area (Å²) in [5.74, 6) is 0.875. The Bertz CT molecular complexity index is 1270. The van der Waals surface area contributed by atoms with E-state index >= 15 is 0 Å². The zero-order valence-electron chi connectivity index (χ0n) is 17.4. The van der Waals surface area contributed by atoms with E-state index in [1.165, 1.54) is 37.8 Å². The van der Waals surface area contributed by atoms with Crippen LogP contribution in [0.5, 0.6) is 5.75 Å². The predicted molar refractivity (Wildman–Crippen MR) is 135 cm³/mol. The standard InChI is InChI=1S/C29H23OP/c1-30-24-14-8-13-23(21-24)27-19-9-11-22-12-10-20-28(29(22)27)31(25-15-4-2-5-16-25)26-17-6-3-7-18-26/h2-21H,1H3. The van der Waals surface area contributed by atoms with Crippen LogP contribution in [0, 0.1) is 0 Å². The molecule has 0 bridgehead atoms. The maximum Gasteiger partial charge on any atom is 0.119 e. The van der Waals surface area contributed by atoms with Crippen LogP contribution in [0.2, 0.25) is 0 Å². The van der Waals surface area contributed by atoms with Gasteiger partial charge in [-0.25, -0.2) is 0 Å². The normalized spacial score (nSPS) is 11.0. The van der Waals surface area contributed by atoms with Gasteiger partial charge >= 0.3 is 0 Å². The van der Waals surface area contributed by atoms with Gasteiger partial charge in [0.15, 0.2) is 0 Å². The van der Waals surface area contributed by atoms with Crippen LogP contribution in [0.3, 0.4) is 0 Å². The van der Waals surface area contributed by atoms with Crippen molar-refractivity contribution in [1.29, 1.82) is 0 Å². The van der Waals surface area contributed by atoms with E-state index in [2.05, 4.69) is 115 Å². The van der Waals surface area contributed by atoms with Gasteiger partial charge in [0.1, 0.15) is 5.75 Å². The van der Waals surface area contributed by atoms with Gasteiger partial charge in [-0.3, -0.25) is 0 Å². The van der Waals surface area contributed by atoms with Crippen molar-refractivity contribution in [2.75, 3.05) is 7.11 Å². The molecule has 0 aliphatic rings. The Kier molecular flexibility index (Phi) is 5.52. The van der Waals surface area contributed by atoms with E-state index in [0.717, 1.165) is 5.75 Å². The molecule has 0 unspecified atom stereocenters. The monoisotopic (exact) mass is 418 g/mol. The molecule has 0 heterocycles. The molecule has 5 aromatic rings. The molecule has 150 valence electrons. The topological polar surface area (TPSA) is 9.23 Å². The van der Waals surface area contributed by atoms with Gasteiger partial charge in [0.25, 0.3) is 0 Å². The lowest BCUT2D eigenvalue weighted by atomic mass is 9.98. The summed E-state index contributed by atoms with van der Waals surface area (Å²) >= 11 is 0. The van der Waals surface area contributed by atoms with Crippen LogP contribution in [-0.4, -0.2) is 7.11 Å². The average molecular weight is 418 g/mol. The van der Waals surface area contributed by atoms with Crippen molar-refractivity contribution in [1.82, 2.24) is 0 Å². The van der Waals surface area contributed by atoms with E-state index in [1.807, 2.05) is 6.07 Å². The Balaban J connectivity index is 1.81. The number of ether oxygens (including phenoxy) is 1. The van der Waals surface area contributed by atoms with Gasteiger partial charge in [-0.15, -0.1) is 0 Å². The molecule has 0 radical (unpaired) electrons. The smallest absolute Gasteiger partial charge is 0.119 e. The minimum Gasteiger partial charge on any atom is -0.497 e. The third-order valence-electron chi connectivity index (χ3n) is 5.53. The first-order valence-electron chi connectivity index (χ1n) is 10.4. The highest BCUT2D eigenvalue weighted by molar-refractivity contribution is 7.80. The van der Waals surface area contributed by atoms with Crippen LogP contribution in [0.1, 0.15) is 0 Å². The molecular formula is C29H23OP. The second-order valence-corrected chi connectivity index (χ2v) is 9.60. The molecule has 2 heteroatoms. The molecule has 31 heavy (non-hydrogen) atoms. The molecule has 0 spiro atoms. The fourth-order valence-electron chi connectivity index (χ4n) is 4.12. The number of hydrogen-bond acceptors (Lipinski definition) is 1. The molecule has 0 atom stereocenters. The molecule has 0 aromatic heterocycles. The molecule has 0 N–H and O–H groups in total. The van der Waals surface area contributed by atoms with Crippen LogP contribution in [0.15, 0.2) is 121 Å². The largest absolute Gasteiger partial charge is 0.497 e. The average Bonchev–Trinajstić information content (AvgIpc) is 2.85. The zero-order chi connectivity index (χ0) is 21.0. The van der Waals surface area contributed by atoms with E-state index in [-0.39, 0.29) is 0 Å². The number of fused-ring (bicyclic) bond motifs is 1. The minimum atomic E-state index is -0.695. The summed E-state index contributed by atoms with van der Waals surface area (Å²) < 4.78 is 5.51. The summed E-state index contributed by atoms with van der Waals surface area (Å²) in [4.78, 5) is 0. The molecule has 0 saturated carbocycles. The van der Waals surface area contributed by atoms with Gasteiger partial charge in [0.05, 0.1) is 7.11 Å². The maximum atomic E-state index is 5.51. The van der Waals surface area contributed by atoms with Crippen molar-refractivity contribution < 1.29 is 4.74 Å². The highest BCUT2D eigenvalue weighted by Crippen LogP contribution is 2.39. The van der Waals surface area contributed by atoms with E-state index in [9.17, 15) is 0 Å². The molecule has 5 rings (SSSR count). The summed E-state index contributed by atoms with van der Waals surface area (Å²) in [5.41, 5.74) is 2.42. The van der Waals surface area contributed by atoms with Crippen molar-refractivity contribution in [2.24, 2.45) is 0 Å². The van der Waals surface area contributed by atoms with Crippen LogP contribution < -0.4 is 20.7 Å². The molecule has 0 aliphatic heterocycles. The quantitative estimate of drug-likeness (QED) is 0.306. The number of benzene rings is 5. The van der Waals surface area contributed by atoms with Crippen molar-refractivity contribution in [2.45, 2.75) is 0 Å². The van der Waals surface area contributed by atoms with Gasteiger partial charge in [0.2, 0.25) is 0 Å². The second kappa shape index (κ2) is 8.76. The minimum absolute atomic E-state index is 0.695. The molecule has 0 aliphatic carbocycles. The molecular weight excluding hydrogens is 395 g/mol. The lowest BCUT2D eigenvalue weighted by Crippen LogP contribution is -2.21. The lowest BCUT2D eigenvalue weighted by Gasteiger charge is -2.22. The SMILES string of the molecule is COc1cccc(-c2cccc3cccc(P(c4ccccc4)c4ccccc4)c23)c1. The van der Waals surface area contributed by atoms with Gasteiger partial charge in [-0.2, -0.15) is 0 Å². The van der Waals surface area contributed by atoms with Crippen molar-refractivity contribution in [3.05, 3.63) is 121 Å². The van der Waals surface area contributed by atoms with Gasteiger partial charge in [-0.1, -0.05) is 109 Å². The molecule has 0 amide bonds. The summed E-state index contributed by atoms with van der Waals surface area (Å²) in [5, 5.41) is 6.67. The lowest BCUT2D eigenvalue weighted by molar-refractivity contribution is 0.415. The Morgan fingerprint density at radius 2 is 1.19 bits per heavy atom. The predicted octanol–water partition coefficient (Wildman–Crippen LogP) is 6.27. The zero-order valence-corrected chi connectivity index (χ0v) is 18.3. The van der Waals surface area contributed by atoms with Crippen LogP contribution in [-0.2, 0) is 0 Å². The number of methoxy groups -OCH3 is 1. The van der Waals surface area contributed by atoms with Gasteiger partial charge < -0.3 is 4.74 Å². The van der Waals surface area contributed by atoms with Crippen LogP contribution >= 0.6 is 7.92 Å². The third-order valence-corrected chi connectivity index (χ3v) is 8.02. The Hall–Kier alpha value is -3.41. The van der Waals surface area contributed by atoms with Gasteiger partial charge in [-0.05, 0) is 57.9 Å². The summed E-state index contributed by atoms with van der Waals surface area (Å²) in [6, 6.07) is 43.4. The Morgan fingerprint density at radius 3 is 1.84 bits per heavy atom. The van der Waals surface area contributed by atoms with E-state index in [0.29, 0.717) is 0 Å². The second-order valence-electron chi connectivity index (χ2n) is 7.42. The Morgan fingerprint density at radius 1 is 0.581 bits per heavy atom. The van der Waals surface area contributed by atoms with Crippen LogP contribution in [0.4, 0.5) is 0 Å². The van der Waals surface area contributed by atoms with Crippen LogP contribution in [0.25, 0.3) is 21.9 Å².